The van der Waals surface area contributed by atoms with Crippen LogP contribution < -0.4 is 0 Å². The molecule has 1 fully saturated rings. The molecule has 0 amide bonds. The number of hydrogen-bond donors (Lipinski definition) is 2. The van der Waals surface area contributed by atoms with E-state index >= 15 is 0 Å². The van der Waals surface area contributed by atoms with E-state index in [1.165, 1.54) is 8.61 Å². The molecule has 0 radical (unpaired) electrons. The van der Waals surface area contributed by atoms with E-state index in [2.05, 4.69) is 0 Å². The monoisotopic (exact) mass is 511 g/mol. The molecule has 1 atom stereocenters. The van der Waals surface area contributed by atoms with Crippen molar-refractivity contribution in [1.82, 2.24) is 13.5 Å². The lowest BCUT2D eigenvalue weighted by Crippen LogP contribution is -2.42. The van der Waals surface area contributed by atoms with Gasteiger partial charge in [0.2, 0.25) is 20.0 Å². The number of sulfonamides is 2. The number of β-amino-alcohol motifs (C(OH)–C–C–N with tert-alkyl or cyclic N) is 1. The Morgan fingerprint density at radius 3 is 1.41 bits per heavy atom. The maximum absolute atomic E-state index is 13.4. The standard InChI is InChI=1S/C23H33N3O6S2/c1-19-3-7-22(8-4-19)33(29,30)25-13-11-24(17-21(28)18-27)12-14-26(16-15-25)34(31,32)23-9-5-20(2)6-10-23/h3-10,21,27-28H,11-18H2,1-2H3. The first-order valence-electron chi connectivity index (χ1n) is 11.2. The predicted octanol–water partition coefficient (Wildman–Crippen LogP) is 0.654. The molecule has 3 rings (SSSR count). The van der Waals surface area contributed by atoms with Gasteiger partial charge in [-0.1, -0.05) is 35.4 Å². The highest BCUT2D eigenvalue weighted by molar-refractivity contribution is 7.89. The number of rotatable bonds is 7. The van der Waals surface area contributed by atoms with Crippen LogP contribution in [0.2, 0.25) is 0 Å². The molecule has 188 valence electrons. The summed E-state index contributed by atoms with van der Waals surface area (Å²) >= 11 is 0. The van der Waals surface area contributed by atoms with Crippen molar-refractivity contribution >= 4 is 20.0 Å². The molecule has 11 heteroatoms. The molecule has 1 heterocycles. The quantitative estimate of drug-likeness (QED) is 0.560. The van der Waals surface area contributed by atoms with Gasteiger partial charge in [0.15, 0.2) is 0 Å². The fourth-order valence-electron chi connectivity index (χ4n) is 3.80. The van der Waals surface area contributed by atoms with Crippen molar-refractivity contribution in [2.75, 3.05) is 52.4 Å². The average molecular weight is 512 g/mol. The molecule has 9 nitrogen and oxygen atoms in total. The molecule has 1 saturated heterocycles. The second-order valence-corrected chi connectivity index (χ2v) is 12.4. The van der Waals surface area contributed by atoms with Crippen molar-refractivity contribution in [3.05, 3.63) is 59.7 Å². The minimum absolute atomic E-state index is 0.00229. The van der Waals surface area contributed by atoms with E-state index in [4.69, 9.17) is 0 Å². The zero-order valence-electron chi connectivity index (χ0n) is 19.5. The van der Waals surface area contributed by atoms with Gasteiger partial charge in [0.05, 0.1) is 22.5 Å². The Bertz CT molecular complexity index is 1060. The highest BCUT2D eigenvalue weighted by Crippen LogP contribution is 2.20. The lowest BCUT2D eigenvalue weighted by molar-refractivity contribution is 0.0581. The summed E-state index contributed by atoms with van der Waals surface area (Å²) in [5, 5.41) is 19.2. The average Bonchev–Trinajstić information content (AvgIpc) is 2.91. The molecule has 0 aliphatic carbocycles. The molecule has 0 spiro atoms. The number of hydrogen-bond acceptors (Lipinski definition) is 7. The van der Waals surface area contributed by atoms with Crippen LogP contribution in [0, 0.1) is 13.8 Å². The third kappa shape index (κ3) is 6.42. The van der Waals surface area contributed by atoms with Gasteiger partial charge in [0, 0.05) is 45.8 Å². The van der Waals surface area contributed by atoms with Crippen LogP contribution in [0.3, 0.4) is 0 Å². The first kappa shape index (κ1) is 26.7. The van der Waals surface area contributed by atoms with Crippen LogP contribution in [0.1, 0.15) is 11.1 Å². The van der Waals surface area contributed by atoms with Crippen LogP contribution in [0.5, 0.6) is 0 Å². The molecule has 1 aliphatic rings. The molecule has 0 bridgehead atoms. The summed E-state index contributed by atoms with van der Waals surface area (Å²) in [6.45, 7) is 4.25. The minimum atomic E-state index is -3.86. The highest BCUT2D eigenvalue weighted by atomic mass is 32.2. The summed E-state index contributed by atoms with van der Waals surface area (Å²) < 4.78 is 56.1. The number of benzene rings is 2. The molecule has 1 unspecified atom stereocenters. The zero-order chi connectivity index (χ0) is 24.9. The molecule has 0 saturated carbocycles. The number of aryl methyl sites for hydroxylation is 2. The molecule has 2 aromatic carbocycles. The molecular weight excluding hydrogens is 478 g/mol. The van der Waals surface area contributed by atoms with E-state index < -0.39 is 32.8 Å². The van der Waals surface area contributed by atoms with Gasteiger partial charge in [-0.2, -0.15) is 8.61 Å². The van der Waals surface area contributed by atoms with E-state index in [0.29, 0.717) is 13.1 Å². The smallest absolute Gasteiger partial charge is 0.243 e. The third-order valence-electron chi connectivity index (χ3n) is 5.93. The van der Waals surface area contributed by atoms with Crippen LogP contribution in [0.25, 0.3) is 0 Å². The van der Waals surface area contributed by atoms with Gasteiger partial charge in [0.1, 0.15) is 0 Å². The maximum atomic E-state index is 13.4. The van der Waals surface area contributed by atoms with Crippen molar-refractivity contribution in [1.29, 1.82) is 0 Å². The van der Waals surface area contributed by atoms with Crippen molar-refractivity contribution in [3.8, 4) is 0 Å². The van der Waals surface area contributed by atoms with Gasteiger partial charge in [-0.05, 0) is 38.1 Å². The first-order valence-corrected chi connectivity index (χ1v) is 14.1. The van der Waals surface area contributed by atoms with Crippen LogP contribution in [-0.4, -0.2) is 99.1 Å². The van der Waals surface area contributed by atoms with Crippen molar-refractivity contribution < 1.29 is 27.0 Å². The summed E-state index contributed by atoms with van der Waals surface area (Å²) in [7, 11) is -7.72. The van der Waals surface area contributed by atoms with Gasteiger partial charge < -0.3 is 10.2 Å². The molecule has 1 aliphatic heterocycles. The number of aliphatic hydroxyl groups excluding tert-OH is 2. The lowest BCUT2D eigenvalue weighted by atomic mass is 10.2. The van der Waals surface area contributed by atoms with E-state index in [0.717, 1.165) is 11.1 Å². The minimum Gasteiger partial charge on any atom is -0.394 e. The van der Waals surface area contributed by atoms with Gasteiger partial charge in [-0.25, -0.2) is 16.8 Å². The van der Waals surface area contributed by atoms with Crippen LogP contribution in [0.15, 0.2) is 58.3 Å². The molecule has 2 N–H and O–H groups in total. The molecule has 2 aromatic rings. The van der Waals surface area contributed by atoms with Crippen LogP contribution in [-0.2, 0) is 20.0 Å². The summed E-state index contributed by atoms with van der Waals surface area (Å²) in [4.78, 5) is 2.07. The predicted molar refractivity (Wildman–Crippen MR) is 129 cm³/mol. The second-order valence-electron chi connectivity index (χ2n) is 8.57. The Kier molecular flexibility index (Phi) is 8.85. The topological polar surface area (TPSA) is 118 Å². The zero-order valence-corrected chi connectivity index (χ0v) is 21.2. The molecule has 34 heavy (non-hydrogen) atoms. The lowest BCUT2D eigenvalue weighted by Gasteiger charge is -2.27. The summed E-state index contributed by atoms with van der Waals surface area (Å²) in [6.07, 6.45) is -1.01. The maximum Gasteiger partial charge on any atom is 0.243 e. The number of aliphatic hydroxyl groups is 2. The Hall–Kier alpha value is -1.86. The van der Waals surface area contributed by atoms with Crippen molar-refractivity contribution in [2.24, 2.45) is 0 Å². The largest absolute Gasteiger partial charge is 0.394 e. The summed E-state index contributed by atoms with van der Waals surface area (Å²) in [5.74, 6) is 0. The Labute approximate surface area is 202 Å². The highest BCUT2D eigenvalue weighted by Gasteiger charge is 2.31. The van der Waals surface area contributed by atoms with Crippen molar-refractivity contribution in [2.45, 2.75) is 29.7 Å². The number of nitrogens with zero attached hydrogens (tertiary/aromatic N) is 3. The van der Waals surface area contributed by atoms with Gasteiger partial charge in [-0.3, -0.25) is 4.90 Å². The summed E-state index contributed by atoms with van der Waals surface area (Å²) in [5.41, 5.74) is 1.87. The van der Waals surface area contributed by atoms with E-state index in [-0.39, 0.29) is 42.5 Å². The Balaban J connectivity index is 1.92. The fourth-order valence-corrected chi connectivity index (χ4v) is 6.65. The second kappa shape index (κ2) is 11.3. The third-order valence-corrected chi connectivity index (χ3v) is 9.75. The summed E-state index contributed by atoms with van der Waals surface area (Å²) in [6, 6.07) is 13.1. The van der Waals surface area contributed by atoms with Crippen LogP contribution >= 0.6 is 0 Å². The Morgan fingerprint density at radius 1 is 0.706 bits per heavy atom. The normalized spacial score (nSPS) is 18.7. The van der Waals surface area contributed by atoms with E-state index in [1.54, 1.807) is 53.4 Å². The van der Waals surface area contributed by atoms with E-state index in [9.17, 15) is 27.0 Å². The first-order chi connectivity index (χ1) is 16.0. The van der Waals surface area contributed by atoms with Gasteiger partial charge >= 0.3 is 0 Å². The molecular formula is C23H33N3O6S2. The Morgan fingerprint density at radius 2 is 1.06 bits per heavy atom. The fraction of sp³-hybridized carbons (Fsp3) is 0.478. The van der Waals surface area contributed by atoms with Gasteiger partial charge in [-0.15, -0.1) is 0 Å². The van der Waals surface area contributed by atoms with Crippen LogP contribution in [0.4, 0.5) is 0 Å². The van der Waals surface area contributed by atoms with Crippen molar-refractivity contribution in [3.63, 3.8) is 0 Å². The molecule has 0 aromatic heterocycles. The van der Waals surface area contributed by atoms with E-state index in [1.807, 2.05) is 13.8 Å². The SMILES string of the molecule is Cc1ccc(S(=O)(=O)N2CCN(CC(O)CO)CCN(S(=O)(=O)c3ccc(C)cc3)CC2)cc1. The van der Waals surface area contributed by atoms with Gasteiger partial charge in [0.25, 0.3) is 0 Å².